The number of nitro benzene ring substituents is 1. The van der Waals surface area contributed by atoms with Gasteiger partial charge in [0.2, 0.25) is 5.91 Å². The number of rotatable bonds is 7. The Morgan fingerprint density at radius 3 is 2.52 bits per heavy atom. The van der Waals surface area contributed by atoms with Crippen molar-refractivity contribution in [1.29, 1.82) is 0 Å². The van der Waals surface area contributed by atoms with Crippen LogP contribution < -0.4 is 16.4 Å². The lowest BCUT2D eigenvalue weighted by molar-refractivity contribution is -0.384. The van der Waals surface area contributed by atoms with E-state index in [2.05, 4.69) is 0 Å². The molecular formula is C14H22N4O3. The van der Waals surface area contributed by atoms with Crippen molar-refractivity contribution < 1.29 is 9.72 Å². The van der Waals surface area contributed by atoms with Gasteiger partial charge in [-0.1, -0.05) is 13.8 Å². The molecule has 7 heteroatoms. The van der Waals surface area contributed by atoms with Gasteiger partial charge in [-0.3, -0.25) is 14.9 Å². The zero-order chi connectivity index (χ0) is 16.2. The monoisotopic (exact) mass is 294 g/mol. The quantitative estimate of drug-likeness (QED) is 0.584. The van der Waals surface area contributed by atoms with Gasteiger partial charge in [-0.05, 0) is 24.5 Å². The van der Waals surface area contributed by atoms with E-state index >= 15 is 0 Å². The fourth-order valence-electron chi connectivity index (χ4n) is 1.93. The van der Waals surface area contributed by atoms with E-state index in [4.69, 9.17) is 11.5 Å². The molecule has 0 radical (unpaired) electrons. The molecule has 0 aliphatic carbocycles. The van der Waals surface area contributed by atoms with Crippen LogP contribution in [0.25, 0.3) is 0 Å². The molecule has 0 spiro atoms. The predicted molar refractivity (Wildman–Crippen MR) is 82.3 cm³/mol. The first kappa shape index (κ1) is 16.9. The van der Waals surface area contributed by atoms with E-state index in [1.54, 1.807) is 11.9 Å². The summed E-state index contributed by atoms with van der Waals surface area (Å²) in [5.74, 6) is -0.274. The highest BCUT2D eigenvalue weighted by Crippen LogP contribution is 2.28. The fourth-order valence-corrected chi connectivity index (χ4v) is 1.93. The molecule has 0 saturated carbocycles. The maximum Gasteiger partial charge on any atom is 0.292 e. The second kappa shape index (κ2) is 7.03. The second-order valence-electron chi connectivity index (χ2n) is 5.44. The van der Waals surface area contributed by atoms with Crippen molar-refractivity contribution in [1.82, 2.24) is 0 Å². The van der Waals surface area contributed by atoms with Crippen LogP contribution in [0.4, 0.5) is 11.4 Å². The number of amides is 1. The zero-order valence-electron chi connectivity index (χ0n) is 12.6. The minimum atomic E-state index is -0.613. The standard InChI is InChI=1S/C14H22N4O3/c1-9(2)11(15)6-7-17(3)13-8-10(14(16)19)4-5-12(13)18(20)21/h4-5,8-9,11H,6-7,15H2,1-3H3,(H2,16,19). The summed E-state index contributed by atoms with van der Waals surface area (Å²) in [6, 6.07) is 4.12. The Kier molecular flexibility index (Phi) is 5.66. The lowest BCUT2D eigenvalue weighted by Gasteiger charge is -2.23. The zero-order valence-corrected chi connectivity index (χ0v) is 12.6. The van der Waals surface area contributed by atoms with Gasteiger partial charge in [-0.2, -0.15) is 0 Å². The van der Waals surface area contributed by atoms with E-state index in [9.17, 15) is 14.9 Å². The van der Waals surface area contributed by atoms with Gasteiger partial charge < -0.3 is 16.4 Å². The van der Waals surface area contributed by atoms with Crippen molar-refractivity contribution >= 4 is 17.3 Å². The number of benzene rings is 1. The van der Waals surface area contributed by atoms with Crippen LogP contribution in [0, 0.1) is 16.0 Å². The van der Waals surface area contributed by atoms with Gasteiger partial charge in [-0.15, -0.1) is 0 Å². The Labute approximate surface area is 124 Å². The van der Waals surface area contributed by atoms with Gasteiger partial charge in [-0.25, -0.2) is 0 Å². The third kappa shape index (κ3) is 4.42. The van der Waals surface area contributed by atoms with Crippen LogP contribution in [-0.2, 0) is 0 Å². The van der Waals surface area contributed by atoms with E-state index in [-0.39, 0.29) is 17.3 Å². The van der Waals surface area contributed by atoms with E-state index in [1.165, 1.54) is 18.2 Å². The van der Waals surface area contributed by atoms with Crippen LogP contribution in [0.3, 0.4) is 0 Å². The van der Waals surface area contributed by atoms with E-state index < -0.39 is 10.8 Å². The first-order valence-electron chi connectivity index (χ1n) is 6.79. The summed E-state index contributed by atoms with van der Waals surface area (Å²) in [5, 5.41) is 11.1. The largest absolute Gasteiger partial charge is 0.369 e. The van der Waals surface area contributed by atoms with Crippen LogP contribution in [0.15, 0.2) is 18.2 Å². The molecule has 0 aliphatic heterocycles. The number of hydrogen-bond acceptors (Lipinski definition) is 5. The van der Waals surface area contributed by atoms with Crippen molar-refractivity contribution in [3.63, 3.8) is 0 Å². The summed E-state index contributed by atoms with van der Waals surface area (Å²) in [5.41, 5.74) is 11.8. The predicted octanol–water partition coefficient (Wildman–Crippen LogP) is 1.50. The average molecular weight is 294 g/mol. The highest BCUT2D eigenvalue weighted by molar-refractivity contribution is 5.94. The van der Waals surface area contributed by atoms with Crippen molar-refractivity contribution in [2.24, 2.45) is 17.4 Å². The fraction of sp³-hybridized carbons (Fsp3) is 0.500. The molecule has 7 nitrogen and oxygen atoms in total. The topological polar surface area (TPSA) is 115 Å². The van der Waals surface area contributed by atoms with Gasteiger partial charge in [0, 0.05) is 31.3 Å². The van der Waals surface area contributed by atoms with Crippen molar-refractivity contribution in [2.45, 2.75) is 26.3 Å². The van der Waals surface area contributed by atoms with Gasteiger partial charge in [0.15, 0.2) is 0 Å². The molecule has 1 atom stereocenters. The second-order valence-corrected chi connectivity index (χ2v) is 5.44. The molecule has 1 rings (SSSR count). The molecule has 21 heavy (non-hydrogen) atoms. The molecule has 0 bridgehead atoms. The SMILES string of the molecule is CC(C)C(N)CCN(C)c1cc(C(N)=O)ccc1[N+](=O)[O-]. The lowest BCUT2D eigenvalue weighted by Crippen LogP contribution is -2.32. The summed E-state index contributed by atoms with van der Waals surface area (Å²) in [7, 11) is 1.74. The van der Waals surface area contributed by atoms with Crippen molar-refractivity contribution in [2.75, 3.05) is 18.5 Å². The minimum Gasteiger partial charge on any atom is -0.369 e. The van der Waals surface area contributed by atoms with Crippen molar-refractivity contribution in [3.05, 3.63) is 33.9 Å². The Morgan fingerprint density at radius 1 is 1.43 bits per heavy atom. The number of primary amides is 1. The van der Waals surface area contributed by atoms with E-state index in [0.29, 0.717) is 24.6 Å². The van der Waals surface area contributed by atoms with Gasteiger partial charge in [0.1, 0.15) is 5.69 Å². The van der Waals surface area contributed by atoms with Crippen LogP contribution in [0.1, 0.15) is 30.6 Å². The minimum absolute atomic E-state index is 0.0193. The third-order valence-electron chi connectivity index (χ3n) is 3.52. The molecular weight excluding hydrogens is 272 g/mol. The van der Waals surface area contributed by atoms with Crippen molar-refractivity contribution in [3.8, 4) is 0 Å². The summed E-state index contributed by atoms with van der Waals surface area (Å²) in [6.07, 6.45) is 0.701. The van der Waals surface area contributed by atoms with Crippen LogP contribution >= 0.6 is 0 Å². The molecule has 0 fully saturated rings. The Hall–Kier alpha value is -2.15. The molecule has 1 aromatic carbocycles. The van der Waals surface area contributed by atoms with E-state index in [0.717, 1.165) is 0 Å². The molecule has 4 N–H and O–H groups in total. The summed E-state index contributed by atoms with van der Waals surface area (Å²) >= 11 is 0. The number of anilines is 1. The first-order chi connectivity index (χ1) is 9.73. The maximum absolute atomic E-state index is 11.2. The molecule has 0 heterocycles. The van der Waals surface area contributed by atoms with Gasteiger partial charge in [0.25, 0.3) is 5.69 Å². The molecule has 0 aliphatic rings. The molecule has 1 unspecified atom stereocenters. The number of nitrogens with two attached hydrogens (primary N) is 2. The average Bonchev–Trinajstić information content (AvgIpc) is 2.43. The normalized spacial score (nSPS) is 12.2. The maximum atomic E-state index is 11.2. The van der Waals surface area contributed by atoms with Gasteiger partial charge >= 0.3 is 0 Å². The first-order valence-corrected chi connectivity index (χ1v) is 6.79. The Bertz CT molecular complexity index is 531. The molecule has 1 aromatic rings. The number of carbonyl (C=O) groups excluding carboxylic acids is 1. The highest BCUT2D eigenvalue weighted by Gasteiger charge is 2.19. The summed E-state index contributed by atoms with van der Waals surface area (Å²) in [4.78, 5) is 23.6. The van der Waals surface area contributed by atoms with Crippen LogP contribution in [0.5, 0.6) is 0 Å². The molecule has 0 aromatic heterocycles. The Morgan fingerprint density at radius 2 is 2.05 bits per heavy atom. The smallest absolute Gasteiger partial charge is 0.292 e. The number of nitrogens with zero attached hydrogens (tertiary/aromatic N) is 2. The molecule has 1 amide bonds. The molecule has 0 saturated heterocycles. The Balaban J connectivity index is 2.99. The number of hydrogen-bond donors (Lipinski definition) is 2. The number of carbonyl (C=O) groups is 1. The van der Waals surface area contributed by atoms with Crippen LogP contribution in [0.2, 0.25) is 0 Å². The summed E-state index contributed by atoms with van der Waals surface area (Å²) < 4.78 is 0. The third-order valence-corrected chi connectivity index (χ3v) is 3.52. The van der Waals surface area contributed by atoms with Gasteiger partial charge in [0.05, 0.1) is 4.92 Å². The summed E-state index contributed by atoms with van der Waals surface area (Å²) in [6.45, 7) is 4.62. The van der Waals surface area contributed by atoms with E-state index in [1.807, 2.05) is 13.8 Å². The lowest BCUT2D eigenvalue weighted by atomic mass is 10.0. The molecule has 116 valence electrons. The highest BCUT2D eigenvalue weighted by atomic mass is 16.6. The number of nitro groups is 1. The van der Waals surface area contributed by atoms with Crippen LogP contribution in [-0.4, -0.2) is 30.5 Å².